The zero-order valence-electron chi connectivity index (χ0n) is 14.2. The Morgan fingerprint density at radius 3 is 3.00 bits per heavy atom. The Morgan fingerprint density at radius 2 is 2.24 bits per heavy atom. The van der Waals surface area contributed by atoms with Gasteiger partial charge in [0.25, 0.3) is 0 Å². The van der Waals surface area contributed by atoms with Crippen molar-refractivity contribution in [1.82, 2.24) is 9.27 Å². The second-order valence-electron chi connectivity index (χ2n) is 7.27. The summed E-state index contributed by atoms with van der Waals surface area (Å²) in [6.45, 7) is 2.18. The molecule has 134 valence electrons. The molecule has 4 rings (SSSR count). The van der Waals surface area contributed by atoms with Crippen LogP contribution in [0.15, 0.2) is 24.3 Å². The van der Waals surface area contributed by atoms with Crippen molar-refractivity contribution >= 4 is 39.9 Å². The van der Waals surface area contributed by atoms with Crippen molar-refractivity contribution < 1.29 is 9.53 Å². The van der Waals surface area contributed by atoms with Gasteiger partial charge in [-0.25, -0.2) is 0 Å². The van der Waals surface area contributed by atoms with Crippen LogP contribution in [0.3, 0.4) is 0 Å². The van der Waals surface area contributed by atoms with Crippen molar-refractivity contribution in [3.05, 3.63) is 29.1 Å². The summed E-state index contributed by atoms with van der Waals surface area (Å²) in [6, 6.07) is 8.11. The number of carbonyl (C=O) groups is 1. The normalized spacial score (nSPS) is 22.0. The molecule has 1 saturated heterocycles. The van der Waals surface area contributed by atoms with Crippen LogP contribution in [0.1, 0.15) is 37.0 Å². The molecule has 1 atom stereocenters. The van der Waals surface area contributed by atoms with Gasteiger partial charge in [0, 0.05) is 18.5 Å². The second-order valence-corrected chi connectivity index (χ2v) is 8.40. The fraction of sp³-hybridized carbons (Fsp3) is 0.579. The number of hydrogen-bond donors (Lipinski definition) is 0. The summed E-state index contributed by atoms with van der Waals surface area (Å²) in [7, 11) is 0. The maximum atomic E-state index is 12.4. The van der Waals surface area contributed by atoms with Gasteiger partial charge in [0.05, 0.1) is 22.5 Å². The molecule has 2 heterocycles. The maximum absolute atomic E-state index is 12.4. The fourth-order valence-corrected chi connectivity index (χ4v) is 5.11. The van der Waals surface area contributed by atoms with Crippen molar-refractivity contribution in [1.29, 1.82) is 0 Å². The molecular weight excluding hydrogens is 356 g/mol. The lowest BCUT2D eigenvalue weighted by Gasteiger charge is -2.48. The van der Waals surface area contributed by atoms with E-state index in [-0.39, 0.29) is 17.4 Å². The van der Waals surface area contributed by atoms with Crippen LogP contribution < -0.4 is 0 Å². The lowest BCUT2D eigenvalue weighted by atomic mass is 9.72. The largest absolute Gasteiger partial charge is 0.375 e. The molecule has 4 nitrogen and oxygen atoms in total. The van der Waals surface area contributed by atoms with Gasteiger partial charge in [-0.3, -0.25) is 4.79 Å². The summed E-state index contributed by atoms with van der Waals surface area (Å²) < 4.78 is 10.5. The van der Waals surface area contributed by atoms with Gasteiger partial charge in [-0.05, 0) is 55.6 Å². The van der Waals surface area contributed by atoms with E-state index in [0.717, 1.165) is 41.8 Å². The first-order chi connectivity index (χ1) is 12.2. The molecule has 1 unspecified atom stereocenters. The highest BCUT2D eigenvalue weighted by Crippen LogP contribution is 2.44. The number of rotatable bonds is 5. The highest BCUT2D eigenvalue weighted by molar-refractivity contribution is 7.07. The van der Waals surface area contributed by atoms with Crippen LogP contribution in [0, 0.1) is 5.92 Å². The highest BCUT2D eigenvalue weighted by Gasteiger charge is 2.42. The Bertz CT molecular complexity index is 759. The summed E-state index contributed by atoms with van der Waals surface area (Å²) in [5.41, 5.74) is 1.11. The molecule has 25 heavy (non-hydrogen) atoms. The highest BCUT2D eigenvalue weighted by atomic mass is 35.5. The third-order valence-electron chi connectivity index (χ3n) is 5.60. The van der Waals surface area contributed by atoms with Crippen molar-refractivity contribution in [2.24, 2.45) is 5.92 Å². The third kappa shape index (κ3) is 3.55. The van der Waals surface area contributed by atoms with Gasteiger partial charge in [0.1, 0.15) is 5.88 Å². The Balaban J connectivity index is 1.49. The number of alkyl halides is 1. The summed E-state index contributed by atoms with van der Waals surface area (Å²) in [4.78, 5) is 15.5. The molecule has 1 aromatic heterocycles. The molecule has 1 amide bonds. The van der Waals surface area contributed by atoms with Gasteiger partial charge in [-0.15, -0.1) is 11.6 Å². The molecule has 2 fully saturated rings. The number of carbonyl (C=O) groups excluding carboxylic acids is 1. The van der Waals surface area contributed by atoms with E-state index in [2.05, 4.69) is 10.4 Å². The van der Waals surface area contributed by atoms with Crippen LogP contribution in [-0.2, 0) is 16.1 Å². The van der Waals surface area contributed by atoms with Crippen LogP contribution >= 0.6 is 23.1 Å². The summed E-state index contributed by atoms with van der Waals surface area (Å²) in [5.74, 6) is 0.541. The Kier molecular flexibility index (Phi) is 4.98. The van der Waals surface area contributed by atoms with Crippen molar-refractivity contribution in [3.63, 3.8) is 0 Å². The van der Waals surface area contributed by atoms with Gasteiger partial charge >= 0.3 is 0 Å². The number of ether oxygens (including phenoxy) is 1. The number of halogens is 1. The topological polar surface area (TPSA) is 42.4 Å². The molecule has 0 N–H and O–H groups in total. The van der Waals surface area contributed by atoms with Crippen LogP contribution in [0.4, 0.5) is 0 Å². The van der Waals surface area contributed by atoms with E-state index in [4.69, 9.17) is 16.3 Å². The number of hydrogen-bond acceptors (Lipinski definition) is 4. The monoisotopic (exact) mass is 378 g/mol. The molecule has 1 saturated carbocycles. The predicted molar refractivity (Wildman–Crippen MR) is 101 cm³/mol. The van der Waals surface area contributed by atoms with E-state index >= 15 is 0 Å². The molecular formula is C19H23ClN2O2S. The smallest absolute Gasteiger partial charge is 0.237 e. The van der Waals surface area contributed by atoms with Crippen LogP contribution in [0.25, 0.3) is 10.9 Å². The van der Waals surface area contributed by atoms with Gasteiger partial charge in [-0.1, -0.05) is 18.2 Å². The van der Waals surface area contributed by atoms with Crippen molar-refractivity contribution in [2.45, 2.75) is 44.2 Å². The maximum Gasteiger partial charge on any atom is 0.237 e. The molecule has 1 aliphatic heterocycles. The van der Waals surface area contributed by atoms with Gasteiger partial charge in [-0.2, -0.15) is 4.37 Å². The van der Waals surface area contributed by atoms with E-state index in [1.54, 1.807) is 0 Å². The zero-order chi connectivity index (χ0) is 17.3. The van der Waals surface area contributed by atoms with Gasteiger partial charge < -0.3 is 9.64 Å². The van der Waals surface area contributed by atoms with Crippen molar-refractivity contribution in [2.75, 3.05) is 19.0 Å². The minimum Gasteiger partial charge on any atom is -0.375 e. The quantitative estimate of drug-likeness (QED) is 0.732. The second kappa shape index (κ2) is 7.22. The number of fused-ring (bicyclic) bond motifs is 1. The Morgan fingerprint density at radius 1 is 1.40 bits per heavy atom. The number of benzene rings is 1. The first-order valence-electron chi connectivity index (χ1n) is 9.00. The predicted octanol–water partition coefficient (Wildman–Crippen LogP) is 4.21. The first-order valence-corrected chi connectivity index (χ1v) is 10.3. The molecule has 1 spiro atoms. The summed E-state index contributed by atoms with van der Waals surface area (Å²) in [6.07, 6.45) is 5.71. The molecule has 2 aromatic rings. The molecule has 1 aromatic carbocycles. The number of nitrogens with zero attached hydrogens (tertiary/aromatic N) is 2. The van der Waals surface area contributed by atoms with E-state index in [1.807, 2.05) is 23.1 Å². The zero-order valence-corrected chi connectivity index (χ0v) is 15.8. The van der Waals surface area contributed by atoms with Crippen LogP contribution in [0.2, 0.25) is 0 Å². The standard InChI is InChI=1S/C19H23ClN2O2S/c20-11-18(23)22(12-14-6-9-24-19(10-14)7-3-8-19)13-17-15-4-1-2-5-16(15)21-25-17/h1-2,4-5,14H,3,6-13H2. The minimum absolute atomic E-state index is 0.00768. The Hall–Kier alpha value is -1.17. The van der Waals surface area contributed by atoms with E-state index in [1.165, 1.54) is 30.8 Å². The molecule has 2 aliphatic rings. The third-order valence-corrected chi connectivity index (χ3v) is 6.68. The van der Waals surface area contributed by atoms with Gasteiger partial charge in [0.2, 0.25) is 5.91 Å². The van der Waals surface area contributed by atoms with Crippen LogP contribution in [-0.4, -0.2) is 39.8 Å². The molecule has 0 radical (unpaired) electrons. The SMILES string of the molecule is O=C(CCl)N(Cc1snc2ccccc12)CC1CCOC2(CCC2)C1. The molecule has 6 heteroatoms. The fourth-order valence-electron chi connectivity index (χ4n) is 4.09. The minimum atomic E-state index is 0.00768. The average molecular weight is 379 g/mol. The number of aromatic nitrogens is 1. The number of amides is 1. The summed E-state index contributed by atoms with van der Waals surface area (Å²) >= 11 is 7.37. The van der Waals surface area contributed by atoms with E-state index in [0.29, 0.717) is 12.5 Å². The van der Waals surface area contributed by atoms with E-state index < -0.39 is 0 Å². The van der Waals surface area contributed by atoms with E-state index in [9.17, 15) is 4.79 Å². The Labute approximate surface area is 157 Å². The molecule has 1 aliphatic carbocycles. The summed E-state index contributed by atoms with van der Waals surface area (Å²) in [5, 5.41) is 1.14. The van der Waals surface area contributed by atoms with Crippen LogP contribution in [0.5, 0.6) is 0 Å². The van der Waals surface area contributed by atoms with Gasteiger partial charge in [0.15, 0.2) is 0 Å². The first kappa shape index (κ1) is 17.3. The lowest BCUT2D eigenvalue weighted by molar-refractivity contribution is -0.149. The van der Waals surface area contributed by atoms with Crippen molar-refractivity contribution in [3.8, 4) is 0 Å². The molecule has 0 bridgehead atoms. The lowest BCUT2D eigenvalue weighted by Crippen LogP contribution is -2.48. The average Bonchev–Trinajstić information content (AvgIpc) is 3.02.